The van der Waals surface area contributed by atoms with Crippen LogP contribution in [0.4, 0.5) is 0 Å². The second-order valence-corrected chi connectivity index (χ2v) is 4.16. The maximum Gasteiger partial charge on any atom is 0.0637 e. The van der Waals surface area contributed by atoms with Crippen LogP contribution in [0.3, 0.4) is 0 Å². The molecule has 0 amide bonds. The fourth-order valence-corrected chi connectivity index (χ4v) is 1.82. The maximum absolute atomic E-state index is 6.10. The fourth-order valence-electron chi connectivity index (χ4n) is 1.44. The molecule has 0 saturated heterocycles. The van der Waals surface area contributed by atoms with Gasteiger partial charge in [0.15, 0.2) is 0 Å². The number of hydrogen-bond acceptors (Lipinski definition) is 2. The molecule has 0 unspecified atom stereocenters. The lowest BCUT2D eigenvalue weighted by Gasteiger charge is -2.20. The Morgan fingerprint density at radius 3 is 2.67 bits per heavy atom. The summed E-state index contributed by atoms with van der Waals surface area (Å²) in [6, 6.07) is 5.71. The lowest BCUT2D eigenvalue weighted by atomic mass is 10.2. The van der Waals surface area contributed by atoms with Crippen molar-refractivity contribution in [2.45, 2.75) is 13.5 Å². The normalized spacial score (nSPS) is 11.0. The van der Waals surface area contributed by atoms with Crippen LogP contribution in [0.15, 0.2) is 18.2 Å². The average molecular weight is 247 g/mol. The van der Waals surface area contributed by atoms with Gasteiger partial charge in [0.25, 0.3) is 0 Å². The van der Waals surface area contributed by atoms with Crippen LogP contribution >= 0.6 is 23.2 Å². The number of likely N-dealkylation sites (N-methyl/N-ethyl adjacent to an activating group) is 1. The van der Waals surface area contributed by atoms with E-state index in [-0.39, 0.29) is 0 Å². The maximum atomic E-state index is 6.10. The third-order valence-corrected chi connectivity index (χ3v) is 3.18. The summed E-state index contributed by atoms with van der Waals surface area (Å²) in [6.07, 6.45) is 0. The molecule has 0 saturated carbocycles. The molecule has 4 heteroatoms. The van der Waals surface area contributed by atoms with Crippen molar-refractivity contribution in [3.63, 3.8) is 0 Å². The molecular weight excluding hydrogens is 231 g/mol. The molecule has 1 aromatic carbocycles. The summed E-state index contributed by atoms with van der Waals surface area (Å²) in [7, 11) is 0. The van der Waals surface area contributed by atoms with Crippen LogP contribution in [0.1, 0.15) is 12.5 Å². The first-order chi connectivity index (χ1) is 7.19. The first-order valence-electron chi connectivity index (χ1n) is 5.04. The van der Waals surface area contributed by atoms with E-state index in [1.807, 2.05) is 12.1 Å². The van der Waals surface area contributed by atoms with Gasteiger partial charge in [0.1, 0.15) is 0 Å². The molecule has 2 N–H and O–H groups in total. The van der Waals surface area contributed by atoms with Crippen molar-refractivity contribution in [3.05, 3.63) is 33.8 Å². The molecule has 2 nitrogen and oxygen atoms in total. The van der Waals surface area contributed by atoms with E-state index in [2.05, 4.69) is 11.8 Å². The van der Waals surface area contributed by atoms with Gasteiger partial charge in [0.2, 0.25) is 0 Å². The van der Waals surface area contributed by atoms with Crippen LogP contribution in [0, 0.1) is 0 Å². The number of benzene rings is 1. The molecule has 0 aliphatic heterocycles. The van der Waals surface area contributed by atoms with Gasteiger partial charge in [-0.05, 0) is 18.2 Å². The summed E-state index contributed by atoms with van der Waals surface area (Å²) in [6.45, 7) is 5.40. The predicted molar refractivity (Wildman–Crippen MR) is 66.5 cm³/mol. The van der Waals surface area contributed by atoms with Gasteiger partial charge in [-0.25, -0.2) is 0 Å². The summed E-state index contributed by atoms with van der Waals surface area (Å²) in [5, 5.41) is 1.26. The monoisotopic (exact) mass is 246 g/mol. The molecule has 0 heterocycles. The van der Waals surface area contributed by atoms with Gasteiger partial charge in [-0.15, -0.1) is 0 Å². The molecule has 0 bridgehead atoms. The van der Waals surface area contributed by atoms with Gasteiger partial charge in [0, 0.05) is 19.6 Å². The summed E-state index contributed by atoms with van der Waals surface area (Å²) < 4.78 is 0. The molecule has 0 spiro atoms. The van der Waals surface area contributed by atoms with Gasteiger partial charge in [0.05, 0.1) is 10.0 Å². The lowest BCUT2D eigenvalue weighted by molar-refractivity contribution is 0.288. The number of hydrogen-bond donors (Lipinski definition) is 1. The summed E-state index contributed by atoms with van der Waals surface area (Å²) in [4.78, 5) is 2.23. The molecule has 0 aliphatic rings. The molecule has 0 aromatic heterocycles. The Bertz CT molecular complexity index is 315. The van der Waals surface area contributed by atoms with E-state index >= 15 is 0 Å². The minimum atomic E-state index is 0.609. The van der Waals surface area contributed by atoms with E-state index in [0.717, 1.165) is 25.2 Å². The first kappa shape index (κ1) is 12.8. The van der Waals surface area contributed by atoms with Crippen LogP contribution in [-0.4, -0.2) is 24.5 Å². The van der Waals surface area contributed by atoms with E-state index < -0.39 is 0 Å². The molecule has 1 aromatic rings. The van der Waals surface area contributed by atoms with Crippen molar-refractivity contribution >= 4 is 23.2 Å². The van der Waals surface area contributed by atoms with E-state index in [4.69, 9.17) is 28.9 Å². The first-order valence-corrected chi connectivity index (χ1v) is 5.80. The number of rotatable bonds is 5. The summed E-state index contributed by atoms with van der Waals surface area (Å²) in [5.41, 5.74) is 6.58. The Morgan fingerprint density at radius 2 is 2.07 bits per heavy atom. The SMILES string of the molecule is CCN(CCN)Cc1cccc(Cl)c1Cl. The molecule has 15 heavy (non-hydrogen) atoms. The summed E-state index contributed by atoms with van der Waals surface area (Å²) >= 11 is 12.0. The lowest BCUT2D eigenvalue weighted by Crippen LogP contribution is -2.28. The van der Waals surface area contributed by atoms with Crippen molar-refractivity contribution in [2.75, 3.05) is 19.6 Å². The summed E-state index contributed by atoms with van der Waals surface area (Å²) in [5.74, 6) is 0. The van der Waals surface area contributed by atoms with E-state index in [9.17, 15) is 0 Å². The standard InChI is InChI=1S/C11H16Cl2N2/c1-2-15(7-6-14)8-9-4-3-5-10(12)11(9)13/h3-5H,2,6-8,14H2,1H3. The number of halogens is 2. The zero-order chi connectivity index (χ0) is 11.3. The fraction of sp³-hybridized carbons (Fsp3) is 0.455. The Balaban J connectivity index is 2.74. The molecule has 1 rings (SSSR count). The topological polar surface area (TPSA) is 29.3 Å². The van der Waals surface area contributed by atoms with E-state index in [1.54, 1.807) is 6.07 Å². The molecule has 84 valence electrons. The Hall–Kier alpha value is -0.280. The van der Waals surface area contributed by atoms with E-state index in [0.29, 0.717) is 16.6 Å². The Kier molecular flexibility index (Phi) is 5.40. The third-order valence-electron chi connectivity index (χ3n) is 2.32. The Labute approximate surface area is 101 Å². The van der Waals surface area contributed by atoms with Gasteiger partial charge >= 0.3 is 0 Å². The quantitative estimate of drug-likeness (QED) is 0.866. The highest BCUT2D eigenvalue weighted by molar-refractivity contribution is 6.42. The largest absolute Gasteiger partial charge is 0.329 e. The highest BCUT2D eigenvalue weighted by Gasteiger charge is 2.08. The molecule has 0 aliphatic carbocycles. The van der Waals surface area contributed by atoms with Crippen LogP contribution in [0.25, 0.3) is 0 Å². The van der Waals surface area contributed by atoms with Crippen LogP contribution in [-0.2, 0) is 6.54 Å². The highest BCUT2D eigenvalue weighted by atomic mass is 35.5. The molecule has 0 atom stereocenters. The van der Waals surface area contributed by atoms with Crippen molar-refractivity contribution in [1.29, 1.82) is 0 Å². The minimum absolute atomic E-state index is 0.609. The van der Waals surface area contributed by atoms with Crippen molar-refractivity contribution in [2.24, 2.45) is 5.73 Å². The van der Waals surface area contributed by atoms with Crippen molar-refractivity contribution in [3.8, 4) is 0 Å². The van der Waals surface area contributed by atoms with Gasteiger partial charge < -0.3 is 5.73 Å². The van der Waals surface area contributed by atoms with Gasteiger partial charge in [-0.2, -0.15) is 0 Å². The second-order valence-electron chi connectivity index (χ2n) is 3.37. The van der Waals surface area contributed by atoms with Gasteiger partial charge in [-0.3, -0.25) is 4.90 Å². The number of nitrogens with zero attached hydrogens (tertiary/aromatic N) is 1. The van der Waals surface area contributed by atoms with Gasteiger partial charge in [-0.1, -0.05) is 42.3 Å². The third kappa shape index (κ3) is 3.65. The van der Waals surface area contributed by atoms with Crippen LogP contribution in [0.5, 0.6) is 0 Å². The van der Waals surface area contributed by atoms with Crippen LogP contribution in [0.2, 0.25) is 10.0 Å². The molecule has 0 fully saturated rings. The highest BCUT2D eigenvalue weighted by Crippen LogP contribution is 2.26. The second kappa shape index (κ2) is 6.33. The molecule has 0 radical (unpaired) electrons. The van der Waals surface area contributed by atoms with Crippen LogP contribution < -0.4 is 5.73 Å². The zero-order valence-corrected chi connectivity index (χ0v) is 10.4. The zero-order valence-electron chi connectivity index (χ0n) is 8.84. The molecular formula is C11H16Cl2N2. The minimum Gasteiger partial charge on any atom is -0.329 e. The average Bonchev–Trinajstić information content (AvgIpc) is 2.24. The van der Waals surface area contributed by atoms with Crippen molar-refractivity contribution < 1.29 is 0 Å². The number of nitrogens with two attached hydrogens (primary N) is 1. The smallest absolute Gasteiger partial charge is 0.0637 e. The Morgan fingerprint density at radius 1 is 1.33 bits per heavy atom. The van der Waals surface area contributed by atoms with Crippen molar-refractivity contribution in [1.82, 2.24) is 4.90 Å². The predicted octanol–water partition coefficient (Wildman–Crippen LogP) is 2.77. The van der Waals surface area contributed by atoms with E-state index in [1.165, 1.54) is 0 Å².